The van der Waals surface area contributed by atoms with Crippen LogP contribution in [0.5, 0.6) is 5.75 Å². The van der Waals surface area contributed by atoms with Crippen molar-refractivity contribution in [3.63, 3.8) is 0 Å². The zero-order valence-electron chi connectivity index (χ0n) is 6.76. The van der Waals surface area contributed by atoms with Crippen molar-refractivity contribution in [2.75, 3.05) is 6.54 Å². The Morgan fingerprint density at radius 1 is 1.33 bits per heavy atom. The smallest absolute Gasteiger partial charge is 0.177 e. The van der Waals surface area contributed by atoms with Crippen LogP contribution in [0.2, 0.25) is 0 Å². The first kappa shape index (κ1) is 9.55. The highest BCUT2D eigenvalue weighted by molar-refractivity contribution is 5.51. The lowest BCUT2D eigenvalue weighted by Gasteiger charge is -2.13. The van der Waals surface area contributed by atoms with E-state index in [1.165, 1.54) is 12.0 Å². The number of phenols is 1. The molecule has 12 heavy (non-hydrogen) atoms. The summed E-state index contributed by atoms with van der Waals surface area (Å²) in [7, 11) is 0. The van der Waals surface area contributed by atoms with Gasteiger partial charge in [0.05, 0.1) is 6.54 Å². The number of benzene rings is 1. The van der Waals surface area contributed by atoms with E-state index in [0.717, 1.165) is 18.7 Å². The molecule has 0 bridgehead atoms. The molecule has 3 heteroatoms. The molecular formula is C9H12BrNO. The van der Waals surface area contributed by atoms with Gasteiger partial charge in [-0.3, -0.25) is 0 Å². The molecule has 1 aliphatic rings. The SMILES string of the molecule is Oc1cccc2c1[NH2+]CCC2.[Br-]. The van der Waals surface area contributed by atoms with Gasteiger partial charge >= 0.3 is 0 Å². The van der Waals surface area contributed by atoms with Crippen molar-refractivity contribution in [2.45, 2.75) is 12.8 Å². The maximum Gasteiger partial charge on any atom is 0.177 e. The summed E-state index contributed by atoms with van der Waals surface area (Å²) in [5.74, 6) is 0.433. The van der Waals surface area contributed by atoms with Crippen LogP contribution in [0, 0.1) is 0 Å². The first-order valence-corrected chi connectivity index (χ1v) is 4.02. The molecule has 1 aromatic rings. The van der Waals surface area contributed by atoms with Crippen LogP contribution in [-0.4, -0.2) is 11.7 Å². The number of quaternary nitrogens is 1. The van der Waals surface area contributed by atoms with Gasteiger partial charge < -0.3 is 27.4 Å². The van der Waals surface area contributed by atoms with E-state index in [2.05, 4.69) is 11.4 Å². The highest BCUT2D eigenvalue weighted by Crippen LogP contribution is 2.24. The third-order valence-electron chi connectivity index (χ3n) is 2.17. The lowest BCUT2D eigenvalue weighted by Crippen LogP contribution is -3.00. The molecule has 0 saturated heterocycles. The Hall–Kier alpha value is -0.540. The number of aromatic hydroxyl groups is 1. The van der Waals surface area contributed by atoms with E-state index in [0.29, 0.717) is 5.75 Å². The van der Waals surface area contributed by atoms with Crippen molar-refractivity contribution in [3.8, 4) is 5.75 Å². The Morgan fingerprint density at radius 2 is 2.17 bits per heavy atom. The molecule has 2 nitrogen and oxygen atoms in total. The molecular weight excluding hydrogens is 218 g/mol. The van der Waals surface area contributed by atoms with Gasteiger partial charge in [-0.15, -0.1) is 0 Å². The number of halogens is 1. The highest BCUT2D eigenvalue weighted by atomic mass is 79.9. The largest absolute Gasteiger partial charge is 1.00 e. The van der Waals surface area contributed by atoms with Crippen LogP contribution in [0.25, 0.3) is 0 Å². The Kier molecular flexibility index (Phi) is 3.12. The predicted octanol–water partition coefficient (Wildman–Crippen LogP) is -2.46. The Morgan fingerprint density at radius 3 is 2.92 bits per heavy atom. The zero-order valence-corrected chi connectivity index (χ0v) is 8.34. The first-order valence-electron chi connectivity index (χ1n) is 4.02. The maximum absolute atomic E-state index is 9.43. The normalized spacial score (nSPS) is 14.7. The number of rotatable bonds is 0. The fourth-order valence-corrected chi connectivity index (χ4v) is 1.59. The minimum atomic E-state index is 0. The van der Waals surface area contributed by atoms with E-state index >= 15 is 0 Å². The fourth-order valence-electron chi connectivity index (χ4n) is 1.59. The molecule has 0 radical (unpaired) electrons. The van der Waals surface area contributed by atoms with Crippen LogP contribution in [-0.2, 0) is 6.42 Å². The quantitative estimate of drug-likeness (QED) is 0.376. The van der Waals surface area contributed by atoms with Crippen molar-refractivity contribution in [1.29, 1.82) is 0 Å². The lowest BCUT2D eigenvalue weighted by atomic mass is 10.0. The van der Waals surface area contributed by atoms with E-state index in [-0.39, 0.29) is 17.0 Å². The predicted molar refractivity (Wildman–Crippen MR) is 42.9 cm³/mol. The van der Waals surface area contributed by atoms with Gasteiger partial charge in [-0.05, 0) is 12.5 Å². The molecule has 0 spiro atoms. The minimum absolute atomic E-state index is 0. The monoisotopic (exact) mass is 229 g/mol. The van der Waals surface area contributed by atoms with E-state index in [4.69, 9.17) is 0 Å². The van der Waals surface area contributed by atoms with Gasteiger partial charge in [-0.1, -0.05) is 12.1 Å². The van der Waals surface area contributed by atoms with Crippen LogP contribution >= 0.6 is 0 Å². The molecule has 66 valence electrons. The molecule has 0 unspecified atom stereocenters. The van der Waals surface area contributed by atoms with E-state index < -0.39 is 0 Å². The third-order valence-corrected chi connectivity index (χ3v) is 2.17. The highest BCUT2D eigenvalue weighted by Gasteiger charge is 2.15. The number of para-hydroxylation sites is 1. The molecule has 0 amide bonds. The minimum Gasteiger partial charge on any atom is -1.00 e. The summed E-state index contributed by atoms with van der Waals surface area (Å²) in [5.41, 5.74) is 2.34. The standard InChI is InChI=1S/C9H11NO.BrH/c11-8-5-1-3-7-4-2-6-10-9(7)8;/h1,3,5,10-11H,2,4,6H2;1H. The van der Waals surface area contributed by atoms with Crippen molar-refractivity contribution in [2.24, 2.45) is 0 Å². The number of phenolic OH excluding ortho intramolecular Hbond substituents is 1. The molecule has 0 saturated carbocycles. The van der Waals surface area contributed by atoms with Crippen LogP contribution in [0.3, 0.4) is 0 Å². The number of hydrogen-bond donors (Lipinski definition) is 2. The molecule has 0 atom stereocenters. The molecule has 1 aliphatic heterocycles. The van der Waals surface area contributed by atoms with Crippen molar-refractivity contribution >= 4 is 5.69 Å². The van der Waals surface area contributed by atoms with Crippen LogP contribution in [0.15, 0.2) is 18.2 Å². The van der Waals surface area contributed by atoms with Gasteiger partial charge in [0, 0.05) is 12.0 Å². The Labute approximate surface area is 82.4 Å². The summed E-state index contributed by atoms with van der Waals surface area (Å²) in [4.78, 5) is 0. The van der Waals surface area contributed by atoms with E-state index in [1.807, 2.05) is 6.07 Å². The fraction of sp³-hybridized carbons (Fsp3) is 0.333. The lowest BCUT2D eigenvalue weighted by molar-refractivity contribution is -0.576. The second kappa shape index (κ2) is 3.92. The summed E-state index contributed by atoms with van der Waals surface area (Å²) in [5, 5.41) is 11.5. The average molecular weight is 230 g/mol. The zero-order chi connectivity index (χ0) is 7.68. The molecule has 0 fully saturated rings. The van der Waals surface area contributed by atoms with Gasteiger partial charge in [0.1, 0.15) is 0 Å². The number of fused-ring (bicyclic) bond motifs is 1. The second-order valence-electron chi connectivity index (χ2n) is 2.95. The van der Waals surface area contributed by atoms with Crippen molar-refractivity contribution in [3.05, 3.63) is 23.8 Å². The number of nitrogens with two attached hydrogens (primary N) is 1. The van der Waals surface area contributed by atoms with Crippen molar-refractivity contribution < 1.29 is 27.4 Å². The first-order chi connectivity index (χ1) is 5.38. The van der Waals surface area contributed by atoms with Gasteiger partial charge in [-0.2, -0.15) is 0 Å². The Balaban J connectivity index is 0.000000720. The molecule has 0 aliphatic carbocycles. The van der Waals surface area contributed by atoms with Gasteiger partial charge in [0.15, 0.2) is 11.4 Å². The van der Waals surface area contributed by atoms with Gasteiger partial charge in [-0.25, -0.2) is 0 Å². The average Bonchev–Trinajstić information content (AvgIpc) is 2.06. The summed E-state index contributed by atoms with van der Waals surface area (Å²) < 4.78 is 0. The summed E-state index contributed by atoms with van der Waals surface area (Å²) in [6, 6.07) is 5.75. The van der Waals surface area contributed by atoms with E-state index in [1.54, 1.807) is 6.07 Å². The molecule has 2 rings (SSSR count). The number of aryl methyl sites for hydroxylation is 1. The molecule has 1 aromatic carbocycles. The summed E-state index contributed by atoms with van der Waals surface area (Å²) >= 11 is 0. The molecule has 3 N–H and O–H groups in total. The summed E-state index contributed by atoms with van der Waals surface area (Å²) in [6.07, 6.45) is 2.33. The second-order valence-corrected chi connectivity index (χ2v) is 2.95. The van der Waals surface area contributed by atoms with Crippen LogP contribution in [0.1, 0.15) is 12.0 Å². The summed E-state index contributed by atoms with van der Waals surface area (Å²) in [6.45, 7) is 1.10. The molecule has 1 heterocycles. The van der Waals surface area contributed by atoms with Crippen LogP contribution in [0.4, 0.5) is 5.69 Å². The topological polar surface area (TPSA) is 36.8 Å². The van der Waals surface area contributed by atoms with E-state index in [9.17, 15) is 5.11 Å². The van der Waals surface area contributed by atoms with Crippen LogP contribution < -0.4 is 22.3 Å². The van der Waals surface area contributed by atoms with Gasteiger partial charge in [0.25, 0.3) is 0 Å². The number of hydrogen-bond acceptors (Lipinski definition) is 1. The van der Waals surface area contributed by atoms with Gasteiger partial charge in [0.2, 0.25) is 0 Å². The van der Waals surface area contributed by atoms with Crippen molar-refractivity contribution in [1.82, 2.24) is 0 Å². The third kappa shape index (κ3) is 1.62. The molecule has 0 aromatic heterocycles. The maximum atomic E-state index is 9.43. The Bertz CT molecular complexity index is 275.